The van der Waals surface area contributed by atoms with E-state index < -0.39 is 0 Å². The Kier molecular flexibility index (Phi) is 6.83. The number of aryl methyl sites for hydroxylation is 2. The summed E-state index contributed by atoms with van der Waals surface area (Å²) in [5.74, 6) is 0. The van der Waals surface area contributed by atoms with Crippen molar-refractivity contribution < 1.29 is 9.13 Å². The molecule has 4 nitrogen and oxygen atoms in total. The maximum atomic E-state index is 2.58. The van der Waals surface area contributed by atoms with Gasteiger partial charge >= 0.3 is 0 Å². The molecule has 0 radical (unpaired) electrons. The number of anilines is 2. The molecule has 6 heterocycles. The molecule has 0 unspecified atom stereocenters. The van der Waals surface area contributed by atoms with E-state index in [1.807, 2.05) is 23.5 Å². The first-order valence-electron chi connectivity index (χ1n) is 16.3. The first-order chi connectivity index (χ1) is 22.6. The van der Waals surface area contributed by atoms with Crippen molar-refractivity contribution in [3.8, 4) is 22.5 Å². The number of para-hydroxylation sites is 2. The largest absolute Gasteiger partial charge is 0.338 e. The number of pyridine rings is 2. The van der Waals surface area contributed by atoms with Gasteiger partial charge in [0.25, 0.3) is 0 Å². The summed E-state index contributed by atoms with van der Waals surface area (Å²) in [6.45, 7) is 2.02. The van der Waals surface area contributed by atoms with Crippen LogP contribution in [-0.4, -0.2) is 14.1 Å². The van der Waals surface area contributed by atoms with Crippen molar-refractivity contribution in [3.05, 3.63) is 130 Å². The second-order valence-corrected chi connectivity index (χ2v) is 14.7. The third-order valence-corrected chi connectivity index (χ3v) is 12.2. The fraction of sp³-hybridized carbons (Fsp3) is 0.200. The SMILES string of the molecule is CN1/C(=C/c2cccc3[n+]2CCCc2ccc4c(c2-3)-c2cccc(/C=C3\Sc5ccccc5N3C)[n+]2CCC4)Sc2ccccc21. The normalized spacial score (nSPS) is 18.0. The zero-order valence-corrected chi connectivity index (χ0v) is 27.9. The summed E-state index contributed by atoms with van der Waals surface area (Å²) in [6, 6.07) is 36.1. The van der Waals surface area contributed by atoms with Gasteiger partial charge in [-0.25, -0.2) is 0 Å². The number of benzene rings is 3. The van der Waals surface area contributed by atoms with Gasteiger partial charge in [0, 0.05) is 73.1 Å². The lowest BCUT2D eigenvalue weighted by molar-refractivity contribution is -0.689. The van der Waals surface area contributed by atoms with Gasteiger partial charge in [-0.1, -0.05) is 59.9 Å². The van der Waals surface area contributed by atoms with Crippen molar-refractivity contribution >= 4 is 47.1 Å². The fourth-order valence-corrected chi connectivity index (χ4v) is 9.79. The molecule has 4 aliphatic rings. The lowest BCUT2D eigenvalue weighted by Gasteiger charge is -2.15. The van der Waals surface area contributed by atoms with E-state index in [4.69, 9.17) is 0 Å². The summed E-state index contributed by atoms with van der Waals surface area (Å²) < 4.78 is 5.16. The smallest absolute Gasteiger partial charge is 0.214 e. The molecule has 226 valence electrons. The van der Waals surface area contributed by atoms with Gasteiger partial charge in [0.05, 0.1) is 32.6 Å². The molecular weight excluding hydrogens is 601 g/mol. The van der Waals surface area contributed by atoms with E-state index in [-0.39, 0.29) is 0 Å². The van der Waals surface area contributed by atoms with Crippen LogP contribution in [0.4, 0.5) is 11.4 Å². The summed E-state index contributed by atoms with van der Waals surface area (Å²) in [6.07, 6.45) is 9.21. The number of thioether (sulfide) groups is 2. The topological polar surface area (TPSA) is 14.2 Å². The minimum Gasteiger partial charge on any atom is -0.338 e. The average molecular weight is 637 g/mol. The highest BCUT2D eigenvalue weighted by Crippen LogP contribution is 2.47. The Labute approximate surface area is 279 Å². The Hall–Kier alpha value is -4.26. The van der Waals surface area contributed by atoms with E-state index in [0.29, 0.717) is 0 Å². The molecule has 5 aromatic rings. The molecule has 0 aliphatic carbocycles. The van der Waals surface area contributed by atoms with Crippen molar-refractivity contribution in [1.82, 2.24) is 0 Å². The number of nitrogens with zero attached hydrogens (tertiary/aromatic N) is 4. The molecule has 3 aromatic carbocycles. The van der Waals surface area contributed by atoms with Crippen LogP contribution in [0.15, 0.2) is 117 Å². The summed E-state index contributed by atoms with van der Waals surface area (Å²) in [5, 5.41) is 2.54. The highest BCUT2D eigenvalue weighted by Gasteiger charge is 2.34. The van der Waals surface area contributed by atoms with Crippen LogP contribution < -0.4 is 18.9 Å². The lowest BCUT2D eigenvalue weighted by atomic mass is 9.88. The van der Waals surface area contributed by atoms with Crippen LogP contribution in [0.5, 0.6) is 0 Å². The fourth-order valence-electron chi connectivity index (χ4n) is 7.59. The van der Waals surface area contributed by atoms with E-state index in [9.17, 15) is 0 Å². The molecule has 0 fully saturated rings. The molecule has 2 aromatic heterocycles. The molecule has 0 bridgehead atoms. The van der Waals surface area contributed by atoms with Gasteiger partial charge in [0.15, 0.2) is 0 Å². The minimum absolute atomic E-state index is 1.01. The number of hydrogen-bond acceptors (Lipinski definition) is 4. The molecule has 0 saturated heterocycles. The van der Waals surface area contributed by atoms with Gasteiger partial charge in [-0.15, -0.1) is 0 Å². The Morgan fingerprint density at radius 1 is 0.543 bits per heavy atom. The summed E-state index contributed by atoms with van der Waals surface area (Å²) in [5.41, 5.74) is 13.6. The quantitative estimate of drug-likeness (QED) is 0.180. The van der Waals surface area contributed by atoms with Crippen LogP contribution in [0, 0.1) is 0 Å². The molecule has 46 heavy (non-hydrogen) atoms. The van der Waals surface area contributed by atoms with Crippen LogP contribution in [0.25, 0.3) is 34.7 Å². The molecule has 4 aliphatic heterocycles. The van der Waals surface area contributed by atoms with Crippen LogP contribution in [-0.2, 0) is 25.9 Å². The van der Waals surface area contributed by atoms with Crippen molar-refractivity contribution in [3.63, 3.8) is 0 Å². The van der Waals surface area contributed by atoms with Gasteiger partial charge in [-0.05, 0) is 60.4 Å². The third kappa shape index (κ3) is 4.53. The van der Waals surface area contributed by atoms with Gasteiger partial charge in [0.1, 0.15) is 13.1 Å². The second kappa shape index (κ2) is 11.2. The van der Waals surface area contributed by atoms with Crippen LogP contribution in [0.3, 0.4) is 0 Å². The zero-order valence-electron chi connectivity index (χ0n) is 26.2. The first-order valence-corrected chi connectivity index (χ1v) is 17.9. The average Bonchev–Trinajstić information content (AvgIpc) is 3.38. The number of hydrogen-bond donors (Lipinski definition) is 0. The number of fused-ring (bicyclic) bond motifs is 9. The van der Waals surface area contributed by atoms with E-state index in [2.05, 4.69) is 142 Å². The predicted octanol–water partition coefficient (Wildman–Crippen LogP) is 8.57. The maximum absolute atomic E-state index is 2.58. The molecule has 0 N–H and O–H groups in total. The van der Waals surface area contributed by atoms with Crippen molar-refractivity contribution in [2.75, 3.05) is 23.9 Å². The Morgan fingerprint density at radius 3 is 1.46 bits per heavy atom. The number of aromatic nitrogens is 2. The maximum Gasteiger partial charge on any atom is 0.214 e. The molecular formula is C40H36N4S2+2. The standard InChI is InChI=1S/C40H36N4S2/c1-41-31-15-3-5-19-35(31)45-37(41)25-29-13-7-17-33-39-27(11-9-23-43(29)33)21-22-28-12-10-24-44-30(14-8-18-34(44)40(28)39)26-38-42(2)32-16-4-6-20-36(32)46-38/h3-8,13-22,25-26H,9-12,23-24H2,1-2H3/q+2. The Balaban J connectivity index is 1.19. The predicted molar refractivity (Wildman–Crippen MR) is 192 cm³/mol. The van der Waals surface area contributed by atoms with Crippen LogP contribution >= 0.6 is 23.5 Å². The van der Waals surface area contributed by atoms with E-state index in [1.54, 1.807) is 0 Å². The molecule has 0 spiro atoms. The summed E-state index contributed by atoms with van der Waals surface area (Å²) in [4.78, 5) is 7.31. The number of rotatable bonds is 2. The van der Waals surface area contributed by atoms with Crippen molar-refractivity contribution in [2.45, 2.75) is 48.6 Å². The van der Waals surface area contributed by atoms with Gasteiger partial charge in [-0.3, -0.25) is 0 Å². The van der Waals surface area contributed by atoms with Crippen molar-refractivity contribution in [1.29, 1.82) is 0 Å². The highest BCUT2D eigenvalue weighted by atomic mass is 32.2. The van der Waals surface area contributed by atoms with E-state index in [0.717, 1.165) is 38.8 Å². The lowest BCUT2D eigenvalue weighted by Crippen LogP contribution is -2.40. The minimum atomic E-state index is 1.01. The second-order valence-electron chi connectivity index (χ2n) is 12.5. The molecule has 9 rings (SSSR count). The van der Waals surface area contributed by atoms with E-state index >= 15 is 0 Å². The van der Waals surface area contributed by atoms with Crippen LogP contribution in [0.1, 0.15) is 35.4 Å². The van der Waals surface area contributed by atoms with E-state index in [1.165, 1.54) is 76.3 Å². The Bertz CT molecular complexity index is 1960. The van der Waals surface area contributed by atoms with Crippen molar-refractivity contribution in [2.24, 2.45) is 0 Å². The van der Waals surface area contributed by atoms with Gasteiger partial charge in [-0.2, -0.15) is 9.13 Å². The first kappa shape index (κ1) is 28.0. The summed E-state index contributed by atoms with van der Waals surface area (Å²) >= 11 is 3.73. The molecule has 0 atom stereocenters. The van der Waals surface area contributed by atoms with Crippen LogP contribution in [0.2, 0.25) is 0 Å². The molecule has 0 saturated carbocycles. The van der Waals surface area contributed by atoms with Gasteiger partial charge in [0.2, 0.25) is 22.8 Å². The summed E-state index contributed by atoms with van der Waals surface area (Å²) in [7, 11) is 4.38. The Morgan fingerprint density at radius 2 is 1.00 bits per heavy atom. The monoisotopic (exact) mass is 636 g/mol. The van der Waals surface area contributed by atoms with Gasteiger partial charge < -0.3 is 9.80 Å². The molecule has 6 heteroatoms. The highest BCUT2D eigenvalue weighted by molar-refractivity contribution is 8.04. The third-order valence-electron chi connectivity index (χ3n) is 9.88. The zero-order chi connectivity index (χ0) is 30.8. The molecule has 0 amide bonds.